The highest BCUT2D eigenvalue weighted by molar-refractivity contribution is 5.33. The van der Waals surface area contributed by atoms with Crippen LogP contribution in [0.5, 0.6) is 5.75 Å². The number of aliphatic hydroxyl groups is 1. The highest BCUT2D eigenvalue weighted by atomic mass is 16.5. The zero-order valence-corrected chi connectivity index (χ0v) is 11.0. The predicted molar refractivity (Wildman–Crippen MR) is 72.9 cm³/mol. The molecule has 3 N–H and O–H groups in total. The normalized spacial score (nSPS) is 12.4. The van der Waals surface area contributed by atoms with Crippen LogP contribution in [0, 0.1) is 0 Å². The summed E-state index contributed by atoms with van der Waals surface area (Å²) in [6.45, 7) is 0.670. The Morgan fingerprint density at radius 2 is 2.21 bits per heavy atom. The average molecular weight is 261 g/mol. The lowest BCUT2D eigenvalue weighted by molar-refractivity contribution is 0.263. The van der Waals surface area contributed by atoms with Gasteiger partial charge in [-0.1, -0.05) is 18.2 Å². The molecule has 0 aliphatic heterocycles. The van der Waals surface area contributed by atoms with Gasteiger partial charge in [0.25, 0.3) is 0 Å². The summed E-state index contributed by atoms with van der Waals surface area (Å²) in [7, 11) is 1.67. The van der Waals surface area contributed by atoms with Crippen LogP contribution in [0.15, 0.2) is 36.8 Å². The molecule has 2 rings (SSSR count). The number of hydrogen-bond acceptors (Lipinski definition) is 4. The van der Waals surface area contributed by atoms with E-state index in [1.165, 1.54) is 0 Å². The summed E-state index contributed by atoms with van der Waals surface area (Å²) < 4.78 is 7.29. The first-order chi connectivity index (χ1) is 9.26. The van der Waals surface area contributed by atoms with E-state index in [0.29, 0.717) is 0 Å². The molecule has 0 amide bonds. The number of hydrogen-bond donors (Lipinski definition) is 2. The minimum Gasteiger partial charge on any atom is -0.496 e. The van der Waals surface area contributed by atoms with E-state index in [1.807, 2.05) is 28.8 Å². The van der Waals surface area contributed by atoms with Crippen molar-refractivity contribution in [2.24, 2.45) is 5.73 Å². The van der Waals surface area contributed by atoms with Crippen LogP contribution in [-0.2, 0) is 13.0 Å². The number of para-hydroxylation sites is 1. The summed E-state index contributed by atoms with van der Waals surface area (Å²) in [5, 5.41) is 9.11. The molecule has 0 saturated carbocycles. The second-order valence-corrected chi connectivity index (χ2v) is 4.36. The average Bonchev–Trinajstić information content (AvgIpc) is 2.93. The van der Waals surface area contributed by atoms with Crippen molar-refractivity contribution >= 4 is 0 Å². The van der Waals surface area contributed by atoms with Gasteiger partial charge in [0.2, 0.25) is 0 Å². The number of benzene rings is 1. The first-order valence-electron chi connectivity index (χ1n) is 6.24. The van der Waals surface area contributed by atoms with Crippen molar-refractivity contribution in [1.29, 1.82) is 0 Å². The number of nitrogens with two attached hydrogens (primary N) is 1. The number of rotatable bonds is 6. The molecule has 0 bridgehead atoms. The molecule has 2 aromatic rings. The molecule has 0 aliphatic carbocycles. The van der Waals surface area contributed by atoms with Crippen molar-refractivity contribution in [3.8, 4) is 5.75 Å². The number of imidazole rings is 1. The van der Waals surface area contributed by atoms with Crippen LogP contribution in [0.4, 0.5) is 0 Å². The fourth-order valence-electron chi connectivity index (χ4n) is 2.07. The molecule has 1 unspecified atom stereocenters. The minimum absolute atomic E-state index is 0.0830. The van der Waals surface area contributed by atoms with E-state index in [0.717, 1.165) is 30.0 Å². The van der Waals surface area contributed by atoms with Crippen LogP contribution in [-0.4, -0.2) is 28.4 Å². The molecule has 0 fully saturated rings. The van der Waals surface area contributed by atoms with Crippen LogP contribution in [0.3, 0.4) is 0 Å². The van der Waals surface area contributed by atoms with E-state index in [1.54, 1.807) is 19.6 Å². The van der Waals surface area contributed by atoms with Gasteiger partial charge >= 0.3 is 0 Å². The fourth-order valence-corrected chi connectivity index (χ4v) is 2.07. The number of methoxy groups -OCH3 is 1. The van der Waals surface area contributed by atoms with Crippen molar-refractivity contribution in [3.63, 3.8) is 0 Å². The Bertz CT molecular complexity index is 525. The maximum atomic E-state index is 9.11. The number of ether oxygens (including phenoxy) is 1. The Hall–Kier alpha value is -1.85. The second kappa shape index (κ2) is 6.36. The van der Waals surface area contributed by atoms with Gasteiger partial charge in [-0.2, -0.15) is 0 Å². The van der Waals surface area contributed by atoms with Gasteiger partial charge in [-0.3, -0.25) is 0 Å². The van der Waals surface area contributed by atoms with Crippen LogP contribution < -0.4 is 10.5 Å². The summed E-state index contributed by atoms with van der Waals surface area (Å²) in [5.41, 5.74) is 7.81. The lowest BCUT2D eigenvalue weighted by Gasteiger charge is -2.13. The molecule has 1 heterocycles. The Morgan fingerprint density at radius 1 is 1.42 bits per heavy atom. The first-order valence-corrected chi connectivity index (χ1v) is 6.24. The fraction of sp³-hybridized carbons (Fsp3) is 0.357. The van der Waals surface area contributed by atoms with E-state index in [9.17, 15) is 0 Å². The molecule has 1 atom stereocenters. The summed E-state index contributed by atoms with van der Waals surface area (Å²) in [4.78, 5) is 4.09. The van der Waals surface area contributed by atoms with Gasteiger partial charge in [0.15, 0.2) is 0 Å². The topological polar surface area (TPSA) is 73.3 Å². The predicted octanol–water partition coefficient (Wildman–Crippen LogP) is 1.13. The molecule has 1 aromatic heterocycles. The van der Waals surface area contributed by atoms with Crippen molar-refractivity contribution in [2.75, 3.05) is 13.7 Å². The van der Waals surface area contributed by atoms with Gasteiger partial charge in [-0.05, 0) is 18.1 Å². The molecule has 102 valence electrons. The number of aliphatic hydroxyl groups excluding tert-OH is 1. The molecule has 0 aliphatic rings. The minimum atomic E-state index is -0.389. The Labute approximate surface area is 112 Å². The van der Waals surface area contributed by atoms with E-state index < -0.39 is 0 Å². The van der Waals surface area contributed by atoms with E-state index in [4.69, 9.17) is 15.6 Å². The zero-order valence-electron chi connectivity index (χ0n) is 11.0. The molecule has 0 radical (unpaired) electrons. The van der Waals surface area contributed by atoms with Gasteiger partial charge in [-0.15, -0.1) is 0 Å². The second-order valence-electron chi connectivity index (χ2n) is 4.36. The summed E-state index contributed by atoms with van der Waals surface area (Å²) in [6.07, 6.45) is 4.26. The van der Waals surface area contributed by atoms with Gasteiger partial charge in [0.1, 0.15) is 5.75 Å². The molecule has 5 nitrogen and oxygen atoms in total. The van der Waals surface area contributed by atoms with E-state index >= 15 is 0 Å². The van der Waals surface area contributed by atoms with Gasteiger partial charge < -0.3 is 20.1 Å². The molecule has 5 heteroatoms. The van der Waals surface area contributed by atoms with Gasteiger partial charge in [-0.25, -0.2) is 4.98 Å². The van der Waals surface area contributed by atoms with Gasteiger partial charge in [0, 0.05) is 12.7 Å². The van der Waals surface area contributed by atoms with Crippen molar-refractivity contribution in [3.05, 3.63) is 48.0 Å². The van der Waals surface area contributed by atoms with E-state index in [2.05, 4.69) is 4.98 Å². The Balaban J connectivity index is 2.08. The number of aryl methyl sites for hydroxylation is 2. The Morgan fingerprint density at radius 3 is 2.95 bits per heavy atom. The third-order valence-electron chi connectivity index (χ3n) is 3.14. The lowest BCUT2D eigenvalue weighted by atomic mass is 10.1. The summed E-state index contributed by atoms with van der Waals surface area (Å²) in [5.74, 6) is 0.885. The maximum Gasteiger partial charge on any atom is 0.122 e. The van der Waals surface area contributed by atoms with Crippen LogP contribution in [0.25, 0.3) is 0 Å². The molecular weight excluding hydrogens is 242 g/mol. The zero-order chi connectivity index (χ0) is 13.7. The standard InChI is InChI=1S/C14H19N3O2/c1-19-14-5-3-2-4-11(14)6-7-17-10-16-8-13(17)12(15)9-18/h2-5,8,10,12,18H,6-7,9,15H2,1H3. The molecule has 0 saturated heterocycles. The highest BCUT2D eigenvalue weighted by Crippen LogP contribution is 2.19. The third kappa shape index (κ3) is 3.13. The quantitative estimate of drug-likeness (QED) is 0.817. The SMILES string of the molecule is COc1ccccc1CCn1cncc1C(N)CO. The summed E-state index contributed by atoms with van der Waals surface area (Å²) in [6, 6.07) is 7.55. The summed E-state index contributed by atoms with van der Waals surface area (Å²) >= 11 is 0. The lowest BCUT2D eigenvalue weighted by Crippen LogP contribution is -2.19. The molecule has 1 aromatic carbocycles. The van der Waals surface area contributed by atoms with Crippen molar-refractivity contribution in [1.82, 2.24) is 9.55 Å². The maximum absolute atomic E-state index is 9.11. The Kier molecular flexibility index (Phi) is 4.54. The van der Waals surface area contributed by atoms with Crippen LogP contribution in [0.2, 0.25) is 0 Å². The highest BCUT2D eigenvalue weighted by Gasteiger charge is 2.11. The smallest absolute Gasteiger partial charge is 0.122 e. The van der Waals surface area contributed by atoms with E-state index in [-0.39, 0.29) is 12.6 Å². The van der Waals surface area contributed by atoms with Crippen LogP contribution in [0.1, 0.15) is 17.3 Å². The molecule has 19 heavy (non-hydrogen) atoms. The van der Waals surface area contributed by atoms with Crippen molar-refractivity contribution < 1.29 is 9.84 Å². The molecular formula is C14H19N3O2. The first kappa shape index (κ1) is 13.6. The number of aromatic nitrogens is 2. The van der Waals surface area contributed by atoms with Crippen LogP contribution >= 0.6 is 0 Å². The third-order valence-corrected chi connectivity index (χ3v) is 3.14. The van der Waals surface area contributed by atoms with Crippen molar-refractivity contribution in [2.45, 2.75) is 19.0 Å². The number of nitrogens with zero attached hydrogens (tertiary/aromatic N) is 2. The molecule has 0 spiro atoms. The van der Waals surface area contributed by atoms with Gasteiger partial charge in [0.05, 0.1) is 31.8 Å². The monoisotopic (exact) mass is 261 g/mol. The largest absolute Gasteiger partial charge is 0.496 e.